The van der Waals surface area contributed by atoms with Gasteiger partial charge in [0.1, 0.15) is 11.5 Å². The molecule has 1 amide bonds. The lowest BCUT2D eigenvalue weighted by atomic mass is 10.0. The number of nitrogens with zero attached hydrogens (tertiary/aromatic N) is 4. The fourth-order valence-electron chi connectivity index (χ4n) is 3.35. The molecule has 0 atom stereocenters. The van der Waals surface area contributed by atoms with Gasteiger partial charge in [-0.15, -0.1) is 0 Å². The second kappa shape index (κ2) is 8.42. The average Bonchev–Trinajstić information content (AvgIpc) is 3.11. The zero-order valence-corrected chi connectivity index (χ0v) is 16.8. The molecule has 6 nitrogen and oxygen atoms in total. The van der Waals surface area contributed by atoms with Crippen LogP contribution < -0.4 is 5.32 Å². The Hall–Kier alpha value is -3.58. The third-order valence-electron chi connectivity index (χ3n) is 4.73. The number of nitrogens with one attached hydrogen (secondary N) is 1. The van der Waals surface area contributed by atoms with Crippen LogP contribution in [0.4, 0.5) is 4.39 Å². The largest absolute Gasteiger partial charge is 0.351 e. The molecule has 0 unspecified atom stereocenters. The van der Waals surface area contributed by atoms with Gasteiger partial charge < -0.3 is 10.2 Å². The maximum absolute atomic E-state index is 13.4. The summed E-state index contributed by atoms with van der Waals surface area (Å²) >= 11 is 0. The molecule has 3 heterocycles. The first-order chi connectivity index (χ1) is 14.5. The van der Waals surface area contributed by atoms with E-state index in [9.17, 15) is 9.18 Å². The molecule has 4 rings (SSSR count). The van der Waals surface area contributed by atoms with Gasteiger partial charge in [-0.05, 0) is 67.7 Å². The van der Waals surface area contributed by atoms with Gasteiger partial charge in [0.2, 0.25) is 5.91 Å². The Bertz CT molecular complexity index is 1170. The van der Waals surface area contributed by atoms with Crippen LogP contribution in [0.25, 0.3) is 27.9 Å². The van der Waals surface area contributed by atoms with Crippen molar-refractivity contribution in [2.45, 2.75) is 6.54 Å². The van der Waals surface area contributed by atoms with Crippen LogP contribution in [0.15, 0.2) is 67.1 Å². The van der Waals surface area contributed by atoms with E-state index in [0.29, 0.717) is 13.1 Å². The zero-order valence-electron chi connectivity index (χ0n) is 16.8. The molecule has 0 saturated heterocycles. The highest BCUT2D eigenvalue weighted by molar-refractivity contribution is 5.92. The first-order valence-electron chi connectivity index (χ1n) is 9.60. The molecule has 7 heteroatoms. The molecular formula is C23H22FN5O. The van der Waals surface area contributed by atoms with Gasteiger partial charge in [-0.25, -0.2) is 8.91 Å². The summed E-state index contributed by atoms with van der Waals surface area (Å²) in [5.74, 6) is -0.325. The molecule has 0 fully saturated rings. The average molecular weight is 403 g/mol. The second-order valence-corrected chi connectivity index (χ2v) is 7.35. The van der Waals surface area contributed by atoms with E-state index in [1.165, 1.54) is 12.1 Å². The lowest BCUT2D eigenvalue weighted by molar-refractivity contribution is -0.121. The Morgan fingerprint density at radius 3 is 2.47 bits per heavy atom. The number of hydrogen-bond acceptors (Lipinski definition) is 4. The standard InChI is InChI=1S/C23H22FN5O/c1-28(2)15-21(30)26-13-16-3-8-20-22(17-9-11-25-12-10-17)23(27-29(20)14-16)18-4-6-19(24)7-5-18/h3-12,14H,13,15H2,1-2H3,(H,26,30). The van der Waals surface area contributed by atoms with Gasteiger partial charge in [-0.3, -0.25) is 9.78 Å². The van der Waals surface area contributed by atoms with Gasteiger partial charge in [0, 0.05) is 36.3 Å². The molecule has 0 aliphatic carbocycles. The quantitative estimate of drug-likeness (QED) is 0.536. The van der Waals surface area contributed by atoms with Crippen LogP contribution in [-0.4, -0.2) is 46.0 Å². The van der Waals surface area contributed by atoms with Crippen LogP contribution >= 0.6 is 0 Å². The van der Waals surface area contributed by atoms with Crippen LogP contribution in [-0.2, 0) is 11.3 Å². The highest BCUT2D eigenvalue weighted by Gasteiger charge is 2.17. The van der Waals surface area contributed by atoms with E-state index in [0.717, 1.165) is 33.5 Å². The van der Waals surface area contributed by atoms with E-state index in [1.807, 2.05) is 54.0 Å². The second-order valence-electron chi connectivity index (χ2n) is 7.35. The van der Waals surface area contributed by atoms with Crippen LogP contribution in [0, 0.1) is 5.82 Å². The lowest BCUT2D eigenvalue weighted by Crippen LogP contribution is -2.32. The van der Waals surface area contributed by atoms with Gasteiger partial charge in [0.05, 0.1) is 12.1 Å². The predicted molar refractivity (Wildman–Crippen MR) is 114 cm³/mol. The van der Waals surface area contributed by atoms with E-state index >= 15 is 0 Å². The van der Waals surface area contributed by atoms with E-state index in [1.54, 1.807) is 24.5 Å². The predicted octanol–water partition coefficient (Wildman–Crippen LogP) is 3.38. The minimum absolute atomic E-state index is 0.0370. The number of rotatable bonds is 6. The number of halogens is 1. The maximum Gasteiger partial charge on any atom is 0.234 e. The van der Waals surface area contributed by atoms with Gasteiger partial charge >= 0.3 is 0 Å². The molecule has 0 saturated carbocycles. The number of likely N-dealkylation sites (N-methyl/N-ethyl adjacent to an activating group) is 1. The minimum atomic E-state index is -0.288. The van der Waals surface area contributed by atoms with Gasteiger partial charge in [0.15, 0.2) is 0 Å². The monoisotopic (exact) mass is 403 g/mol. The van der Waals surface area contributed by atoms with Crippen molar-refractivity contribution in [1.82, 2.24) is 24.8 Å². The number of amides is 1. The number of pyridine rings is 2. The molecule has 0 aliphatic heterocycles. The van der Waals surface area contributed by atoms with E-state index in [4.69, 9.17) is 5.10 Å². The Morgan fingerprint density at radius 2 is 1.77 bits per heavy atom. The third kappa shape index (κ3) is 4.21. The normalized spacial score (nSPS) is 11.2. The molecular weight excluding hydrogens is 381 g/mol. The molecule has 1 aromatic carbocycles. The Balaban J connectivity index is 1.74. The number of benzene rings is 1. The molecule has 0 aliphatic rings. The molecule has 152 valence electrons. The highest BCUT2D eigenvalue weighted by Crippen LogP contribution is 2.35. The zero-order chi connectivity index (χ0) is 21.1. The van der Waals surface area contributed by atoms with Crippen LogP contribution in [0.2, 0.25) is 0 Å². The Morgan fingerprint density at radius 1 is 1.03 bits per heavy atom. The molecule has 0 bridgehead atoms. The Kier molecular flexibility index (Phi) is 5.54. The van der Waals surface area contributed by atoms with E-state index in [-0.39, 0.29) is 11.7 Å². The lowest BCUT2D eigenvalue weighted by Gasteiger charge is -2.10. The summed E-state index contributed by atoms with van der Waals surface area (Å²) in [7, 11) is 3.71. The summed E-state index contributed by atoms with van der Waals surface area (Å²) in [4.78, 5) is 17.9. The van der Waals surface area contributed by atoms with Crippen LogP contribution in [0.5, 0.6) is 0 Å². The van der Waals surface area contributed by atoms with Crippen molar-refractivity contribution < 1.29 is 9.18 Å². The van der Waals surface area contributed by atoms with E-state index < -0.39 is 0 Å². The number of fused-ring (bicyclic) bond motifs is 1. The fraction of sp³-hybridized carbons (Fsp3) is 0.174. The molecule has 3 aromatic heterocycles. The van der Waals surface area contributed by atoms with Crippen molar-refractivity contribution >= 4 is 11.4 Å². The number of carbonyl (C=O) groups excluding carboxylic acids is 1. The summed E-state index contributed by atoms with van der Waals surface area (Å²) < 4.78 is 15.2. The van der Waals surface area contributed by atoms with E-state index in [2.05, 4.69) is 10.3 Å². The number of carbonyl (C=O) groups is 1. The summed E-state index contributed by atoms with van der Waals surface area (Å²) in [5.41, 5.74) is 5.37. The molecule has 0 spiro atoms. The van der Waals surface area contributed by atoms with Gasteiger partial charge in [0.25, 0.3) is 0 Å². The van der Waals surface area contributed by atoms with Gasteiger partial charge in [-0.2, -0.15) is 5.10 Å². The smallest absolute Gasteiger partial charge is 0.234 e. The summed E-state index contributed by atoms with van der Waals surface area (Å²) in [6.45, 7) is 0.754. The van der Waals surface area contributed by atoms with Crippen molar-refractivity contribution in [3.8, 4) is 22.4 Å². The summed E-state index contributed by atoms with van der Waals surface area (Å²) in [5, 5.41) is 7.69. The van der Waals surface area contributed by atoms with Crippen molar-refractivity contribution in [3.63, 3.8) is 0 Å². The first kappa shape index (κ1) is 19.7. The summed E-state index contributed by atoms with van der Waals surface area (Å²) in [6, 6.07) is 14.1. The van der Waals surface area contributed by atoms with Gasteiger partial charge in [-0.1, -0.05) is 6.07 Å². The molecule has 1 N–H and O–H groups in total. The van der Waals surface area contributed by atoms with Crippen molar-refractivity contribution in [1.29, 1.82) is 0 Å². The fourth-order valence-corrected chi connectivity index (χ4v) is 3.35. The van der Waals surface area contributed by atoms with Crippen molar-refractivity contribution in [2.24, 2.45) is 0 Å². The Labute approximate surface area is 174 Å². The topological polar surface area (TPSA) is 62.5 Å². The summed E-state index contributed by atoms with van der Waals surface area (Å²) in [6.07, 6.45) is 5.38. The minimum Gasteiger partial charge on any atom is -0.351 e. The maximum atomic E-state index is 13.4. The molecule has 30 heavy (non-hydrogen) atoms. The number of aromatic nitrogens is 3. The van der Waals surface area contributed by atoms with Crippen molar-refractivity contribution in [3.05, 3.63) is 78.5 Å². The SMILES string of the molecule is CN(C)CC(=O)NCc1ccc2c(-c3ccncc3)c(-c3ccc(F)cc3)nn2c1. The first-order valence-corrected chi connectivity index (χ1v) is 9.60. The van der Waals surface area contributed by atoms with Crippen LogP contribution in [0.1, 0.15) is 5.56 Å². The highest BCUT2D eigenvalue weighted by atomic mass is 19.1. The third-order valence-corrected chi connectivity index (χ3v) is 4.73. The molecule has 0 radical (unpaired) electrons. The van der Waals surface area contributed by atoms with Crippen molar-refractivity contribution in [2.75, 3.05) is 20.6 Å². The number of hydrogen-bond donors (Lipinski definition) is 1. The van der Waals surface area contributed by atoms with Crippen LogP contribution in [0.3, 0.4) is 0 Å². The molecule has 4 aromatic rings.